The molecule has 0 radical (unpaired) electrons. The predicted octanol–water partition coefficient (Wildman–Crippen LogP) is 21.5. The molecule has 0 amide bonds. The second kappa shape index (κ2) is 20.2. The summed E-state index contributed by atoms with van der Waals surface area (Å²) in [5.41, 5.74) is 32.0. The highest BCUT2D eigenvalue weighted by molar-refractivity contribution is 7.00. The quantitative estimate of drug-likeness (QED) is 0.147. The van der Waals surface area contributed by atoms with Crippen molar-refractivity contribution in [2.45, 2.75) is 129 Å². The first kappa shape index (κ1) is 56.1. The highest BCUT2D eigenvalue weighted by Crippen LogP contribution is 2.51. The van der Waals surface area contributed by atoms with Gasteiger partial charge in [-0.05, 0) is 208 Å². The maximum atomic E-state index is 2.61. The van der Waals surface area contributed by atoms with Crippen LogP contribution in [0.25, 0.3) is 72.0 Å². The molecule has 11 aromatic carbocycles. The van der Waals surface area contributed by atoms with Crippen LogP contribution in [0, 0.1) is 0 Å². The van der Waals surface area contributed by atoms with E-state index in [4.69, 9.17) is 0 Å². The van der Waals surface area contributed by atoms with Crippen LogP contribution in [-0.2, 0) is 27.1 Å². The third-order valence-corrected chi connectivity index (χ3v) is 21.7. The van der Waals surface area contributed by atoms with Crippen LogP contribution in [-0.4, -0.2) is 11.3 Å². The Morgan fingerprint density at radius 3 is 1.24 bits per heavy atom. The number of rotatable bonds is 7. The van der Waals surface area contributed by atoms with Crippen molar-refractivity contribution >= 4 is 79.0 Å². The van der Waals surface area contributed by atoms with E-state index >= 15 is 0 Å². The molecule has 90 heavy (non-hydrogen) atoms. The third kappa shape index (κ3) is 8.98. The van der Waals surface area contributed by atoms with Crippen molar-refractivity contribution in [1.82, 2.24) is 4.57 Å². The molecule has 0 unspecified atom stereocenters. The van der Waals surface area contributed by atoms with Crippen molar-refractivity contribution in [2.75, 3.05) is 9.80 Å². The van der Waals surface area contributed by atoms with E-state index in [1.807, 2.05) is 0 Å². The number of benzene rings is 11. The molecule has 3 nitrogen and oxygen atoms in total. The fraction of sp³-hybridized carbons (Fsp3) is 0.233. The molecule has 0 saturated heterocycles. The molecule has 2 aliphatic carbocycles. The zero-order valence-electron chi connectivity index (χ0n) is 54.3. The Labute approximate surface area is 533 Å². The summed E-state index contributed by atoms with van der Waals surface area (Å²) in [7, 11) is 0. The Bertz CT molecular complexity index is 4800. The van der Waals surface area contributed by atoms with Crippen molar-refractivity contribution in [3.8, 4) is 50.2 Å². The van der Waals surface area contributed by atoms with Crippen LogP contribution >= 0.6 is 0 Å². The van der Waals surface area contributed by atoms with Gasteiger partial charge in [0.25, 0.3) is 6.71 Å². The maximum absolute atomic E-state index is 2.61. The number of anilines is 6. The number of aromatic nitrogens is 1. The van der Waals surface area contributed by atoms with Crippen molar-refractivity contribution in [1.29, 1.82) is 0 Å². The average molecular weight is 1170 g/mol. The monoisotopic (exact) mass is 1170 g/mol. The van der Waals surface area contributed by atoms with E-state index in [-0.39, 0.29) is 33.8 Å². The van der Waals surface area contributed by atoms with Crippen LogP contribution in [0.2, 0.25) is 0 Å². The molecular weight excluding hydrogens is 1090 g/mol. The first-order valence-corrected chi connectivity index (χ1v) is 32.9. The molecule has 442 valence electrons. The smallest absolute Gasteiger partial charge is 0.252 e. The van der Waals surface area contributed by atoms with Gasteiger partial charge in [0.15, 0.2) is 0 Å². The van der Waals surface area contributed by atoms with Crippen LogP contribution in [0.1, 0.15) is 130 Å². The van der Waals surface area contributed by atoms with Gasteiger partial charge in [0.05, 0.1) is 11.0 Å². The molecule has 4 aliphatic rings. The summed E-state index contributed by atoms with van der Waals surface area (Å²) in [5.74, 6) is 0. The topological polar surface area (TPSA) is 11.4 Å². The van der Waals surface area contributed by atoms with Crippen molar-refractivity contribution < 1.29 is 0 Å². The first-order chi connectivity index (χ1) is 43.2. The Morgan fingerprint density at radius 1 is 0.311 bits per heavy atom. The zero-order valence-corrected chi connectivity index (χ0v) is 54.3. The van der Waals surface area contributed by atoms with Gasteiger partial charge in [-0.1, -0.05) is 246 Å². The summed E-state index contributed by atoms with van der Waals surface area (Å²) >= 11 is 0. The van der Waals surface area contributed by atoms with Crippen molar-refractivity contribution in [3.05, 3.63) is 264 Å². The summed E-state index contributed by atoms with van der Waals surface area (Å²) in [5, 5.41) is 2.51. The number of nitrogens with zero attached hydrogens (tertiary/aromatic N) is 3. The van der Waals surface area contributed by atoms with E-state index in [0.29, 0.717) is 0 Å². The van der Waals surface area contributed by atoms with Crippen molar-refractivity contribution in [2.24, 2.45) is 0 Å². The minimum absolute atomic E-state index is 0.0113. The van der Waals surface area contributed by atoms with E-state index in [1.165, 1.54) is 159 Å². The van der Waals surface area contributed by atoms with E-state index in [1.54, 1.807) is 0 Å². The molecule has 0 fully saturated rings. The van der Waals surface area contributed by atoms with Gasteiger partial charge in [-0.15, -0.1) is 0 Å². The van der Waals surface area contributed by atoms with Crippen molar-refractivity contribution in [3.63, 3.8) is 0 Å². The number of hydrogen-bond donors (Lipinski definition) is 0. The fourth-order valence-electron chi connectivity index (χ4n) is 16.2. The van der Waals surface area contributed by atoms with E-state index in [0.717, 1.165) is 17.1 Å². The molecule has 16 rings (SSSR count). The molecule has 0 saturated carbocycles. The molecule has 12 aromatic rings. The molecule has 0 atom stereocenters. The lowest BCUT2D eigenvalue weighted by Crippen LogP contribution is -2.61. The van der Waals surface area contributed by atoms with Gasteiger partial charge < -0.3 is 14.4 Å². The van der Waals surface area contributed by atoms with Crippen LogP contribution < -0.4 is 26.2 Å². The Morgan fingerprint density at radius 2 is 0.722 bits per heavy atom. The SMILES string of the molecule is CC(C)(C)c1ccc(-c2cc3c4c(c2)N(c2ccc(-c5ccc6c(c5)C(C)(C)CCC6(C)C)cc2)c2cc(-n5c6ccccc6c6ccccc65)ccc2B4c2cc(-c4ccccc4)ccc2N3c2ccc(-c3ccc4c(c3)C(C)(C)CCC4(C)C)cc2)cc1. The normalized spacial score (nSPS) is 16.5. The molecular formula is C86H80BN3. The average Bonchev–Trinajstić information content (AvgIpc) is 0.792. The highest BCUT2D eigenvalue weighted by Gasteiger charge is 2.45. The highest BCUT2D eigenvalue weighted by atomic mass is 15.2. The molecule has 0 spiro atoms. The summed E-state index contributed by atoms with van der Waals surface area (Å²) < 4.78 is 2.48. The number of hydrogen-bond acceptors (Lipinski definition) is 2. The van der Waals surface area contributed by atoms with E-state index < -0.39 is 0 Å². The van der Waals surface area contributed by atoms with Crippen LogP contribution in [0.3, 0.4) is 0 Å². The van der Waals surface area contributed by atoms with Gasteiger partial charge >= 0.3 is 0 Å². The first-order valence-electron chi connectivity index (χ1n) is 32.9. The fourth-order valence-corrected chi connectivity index (χ4v) is 16.2. The second-order valence-corrected chi connectivity index (χ2v) is 30.3. The molecule has 1 aromatic heterocycles. The lowest BCUT2D eigenvalue weighted by atomic mass is 9.33. The van der Waals surface area contributed by atoms with Gasteiger partial charge in [-0.2, -0.15) is 0 Å². The summed E-state index contributed by atoms with van der Waals surface area (Å²) in [4.78, 5) is 5.20. The van der Waals surface area contributed by atoms with Gasteiger partial charge in [-0.25, -0.2) is 0 Å². The summed E-state index contributed by atoms with van der Waals surface area (Å²) in [6.45, 7) is 26.2. The molecule has 0 N–H and O–H groups in total. The maximum Gasteiger partial charge on any atom is 0.252 e. The molecule has 2 aliphatic heterocycles. The number of para-hydroxylation sites is 2. The number of fused-ring (bicyclic) bond motifs is 9. The van der Waals surface area contributed by atoms with E-state index in [2.05, 4.69) is 327 Å². The minimum atomic E-state index is -0.106. The summed E-state index contributed by atoms with van der Waals surface area (Å²) in [6, 6.07) is 91.4. The largest absolute Gasteiger partial charge is 0.311 e. The minimum Gasteiger partial charge on any atom is -0.311 e. The lowest BCUT2D eigenvalue weighted by Gasteiger charge is -2.44. The van der Waals surface area contributed by atoms with Crippen LogP contribution in [0.5, 0.6) is 0 Å². The van der Waals surface area contributed by atoms with Gasteiger partial charge in [0.1, 0.15) is 0 Å². The summed E-state index contributed by atoms with van der Waals surface area (Å²) in [6.07, 6.45) is 4.76. The van der Waals surface area contributed by atoms with Crippen LogP contribution in [0.15, 0.2) is 237 Å². The van der Waals surface area contributed by atoms with Gasteiger partial charge in [-0.3, -0.25) is 0 Å². The molecule has 0 bridgehead atoms. The Kier molecular flexibility index (Phi) is 12.6. The molecule has 3 heterocycles. The molecule has 4 heteroatoms. The predicted molar refractivity (Wildman–Crippen MR) is 386 cm³/mol. The standard InChI is InChI=1S/C86H80BN3/c1-82(2,3)63-34-25-58(26-35-63)62-52-79-81-80(53-62)89(65-38-29-57(30-39-65)60-32-42-70-72(50-60)86(10,11)48-46-84(70,6)7)78-54-66(90-75-23-17-15-21-67(75)68-22-16-18-24-76(68)90)40-43-73(78)87(81)74-51-61(55-19-13-12-14-20-55)33-44-77(74)88(79)64-36-27-56(28-37-64)59-31-41-69-71(49-59)85(8,9)47-45-83(69,4)5/h12-44,49-54H,45-48H2,1-11H3. The Hall–Kier alpha value is -9.12. The van der Waals surface area contributed by atoms with Crippen LogP contribution in [0.4, 0.5) is 34.1 Å². The third-order valence-electron chi connectivity index (χ3n) is 21.7. The van der Waals surface area contributed by atoms with Gasteiger partial charge in [0.2, 0.25) is 0 Å². The zero-order chi connectivity index (χ0) is 61.8. The Balaban J connectivity index is 0.945. The van der Waals surface area contributed by atoms with Gasteiger partial charge in [0, 0.05) is 50.6 Å². The lowest BCUT2D eigenvalue weighted by molar-refractivity contribution is 0.332. The second-order valence-electron chi connectivity index (χ2n) is 30.3. The van der Waals surface area contributed by atoms with E-state index in [9.17, 15) is 0 Å².